The van der Waals surface area contributed by atoms with Crippen LogP contribution in [0.15, 0.2) is 0 Å². The minimum atomic E-state index is -0.330. The van der Waals surface area contributed by atoms with Gasteiger partial charge in [0.15, 0.2) is 0 Å². The van der Waals surface area contributed by atoms with Crippen molar-refractivity contribution in [3.8, 4) is 0 Å². The van der Waals surface area contributed by atoms with E-state index in [1.54, 1.807) is 0 Å². The molecule has 1 rings (SSSR count). The molecule has 1 N–H and O–H groups in total. The van der Waals surface area contributed by atoms with Crippen molar-refractivity contribution in [2.75, 3.05) is 0 Å². The van der Waals surface area contributed by atoms with E-state index in [0.717, 1.165) is 25.7 Å². The number of hydrogen-bond acceptors (Lipinski definition) is 2. The largest absolute Gasteiger partial charge is 0.444 e. The number of carbonyl (C=O) groups excluding carboxylic acids is 1. The van der Waals surface area contributed by atoms with Gasteiger partial charge < -0.3 is 10.1 Å². The van der Waals surface area contributed by atoms with Crippen molar-refractivity contribution >= 4 is 6.09 Å². The highest BCUT2D eigenvalue weighted by molar-refractivity contribution is 5.68. The second-order valence-electron chi connectivity index (χ2n) is 5.38. The van der Waals surface area contributed by atoms with Gasteiger partial charge in [-0.15, -0.1) is 0 Å². The molecule has 16 heavy (non-hydrogen) atoms. The standard InChI is InChI=1S/C13H25NO2/c1-4-5-6-10-13(2,3)16-12(15)14-11-8-7-9-11/h11H,4-10H2,1-3H3,(H,14,15). The van der Waals surface area contributed by atoms with Gasteiger partial charge in [0.2, 0.25) is 0 Å². The van der Waals surface area contributed by atoms with Gasteiger partial charge in [-0.3, -0.25) is 0 Å². The number of rotatable bonds is 6. The Morgan fingerprint density at radius 1 is 1.38 bits per heavy atom. The third kappa shape index (κ3) is 4.86. The van der Waals surface area contributed by atoms with Crippen LogP contribution in [0.3, 0.4) is 0 Å². The molecule has 1 amide bonds. The molecule has 3 nitrogen and oxygen atoms in total. The molecule has 94 valence electrons. The SMILES string of the molecule is CCCCCC(C)(C)OC(=O)NC1CCC1. The van der Waals surface area contributed by atoms with Crippen molar-refractivity contribution in [3.05, 3.63) is 0 Å². The average molecular weight is 227 g/mol. The van der Waals surface area contributed by atoms with Gasteiger partial charge in [0.1, 0.15) is 5.60 Å². The van der Waals surface area contributed by atoms with Crippen LogP contribution in [0, 0.1) is 0 Å². The van der Waals surface area contributed by atoms with Crippen molar-refractivity contribution in [1.29, 1.82) is 0 Å². The summed E-state index contributed by atoms with van der Waals surface area (Å²) in [5.74, 6) is 0. The molecule has 1 saturated carbocycles. The molecule has 1 fully saturated rings. The van der Waals surface area contributed by atoms with Gasteiger partial charge in [0, 0.05) is 6.04 Å². The van der Waals surface area contributed by atoms with Crippen LogP contribution in [0.25, 0.3) is 0 Å². The van der Waals surface area contributed by atoms with E-state index in [4.69, 9.17) is 4.74 Å². The molecular weight excluding hydrogens is 202 g/mol. The smallest absolute Gasteiger partial charge is 0.407 e. The van der Waals surface area contributed by atoms with Crippen molar-refractivity contribution in [2.45, 2.75) is 77.4 Å². The summed E-state index contributed by atoms with van der Waals surface area (Å²) in [5.41, 5.74) is -0.330. The van der Waals surface area contributed by atoms with E-state index >= 15 is 0 Å². The molecule has 0 saturated heterocycles. The first-order valence-electron chi connectivity index (χ1n) is 6.53. The molecule has 0 radical (unpaired) electrons. The number of alkyl carbamates (subject to hydrolysis) is 1. The fourth-order valence-corrected chi connectivity index (χ4v) is 1.85. The van der Waals surface area contributed by atoms with Crippen LogP contribution in [0.1, 0.15) is 65.7 Å². The summed E-state index contributed by atoms with van der Waals surface area (Å²) in [6.45, 7) is 6.16. The molecule has 1 aliphatic rings. The van der Waals surface area contributed by atoms with Gasteiger partial charge in [-0.05, 0) is 46.0 Å². The molecule has 0 aromatic heterocycles. The molecule has 0 atom stereocenters. The van der Waals surface area contributed by atoms with Gasteiger partial charge in [-0.2, -0.15) is 0 Å². The predicted molar refractivity (Wildman–Crippen MR) is 65.5 cm³/mol. The van der Waals surface area contributed by atoms with Gasteiger partial charge in [0.05, 0.1) is 0 Å². The Morgan fingerprint density at radius 3 is 2.56 bits per heavy atom. The molecule has 0 aromatic carbocycles. The van der Waals surface area contributed by atoms with Gasteiger partial charge in [-0.25, -0.2) is 4.79 Å². The zero-order chi connectivity index (χ0) is 12.0. The second kappa shape index (κ2) is 6.12. The molecular formula is C13H25NO2. The Labute approximate surface area is 98.9 Å². The van der Waals surface area contributed by atoms with Gasteiger partial charge in [0.25, 0.3) is 0 Å². The summed E-state index contributed by atoms with van der Waals surface area (Å²) in [6.07, 6.45) is 7.66. The molecule has 0 spiro atoms. The fraction of sp³-hybridized carbons (Fsp3) is 0.923. The summed E-state index contributed by atoms with van der Waals surface area (Å²) >= 11 is 0. The van der Waals surface area contributed by atoms with E-state index in [1.165, 1.54) is 19.3 Å². The monoisotopic (exact) mass is 227 g/mol. The third-order valence-corrected chi connectivity index (χ3v) is 3.18. The van der Waals surface area contributed by atoms with E-state index in [9.17, 15) is 4.79 Å². The summed E-state index contributed by atoms with van der Waals surface area (Å²) in [6, 6.07) is 0.360. The van der Waals surface area contributed by atoms with Crippen LogP contribution < -0.4 is 5.32 Å². The van der Waals surface area contributed by atoms with E-state index in [2.05, 4.69) is 12.2 Å². The molecule has 3 heteroatoms. The van der Waals surface area contributed by atoms with E-state index in [0.29, 0.717) is 6.04 Å². The first kappa shape index (κ1) is 13.3. The van der Waals surface area contributed by atoms with E-state index < -0.39 is 0 Å². The number of unbranched alkanes of at least 4 members (excludes halogenated alkanes) is 2. The topological polar surface area (TPSA) is 38.3 Å². The van der Waals surface area contributed by atoms with Crippen LogP contribution >= 0.6 is 0 Å². The maximum Gasteiger partial charge on any atom is 0.407 e. The van der Waals surface area contributed by atoms with Crippen LogP contribution in [-0.2, 0) is 4.74 Å². The first-order valence-corrected chi connectivity index (χ1v) is 6.53. The zero-order valence-electron chi connectivity index (χ0n) is 10.8. The molecule has 0 aliphatic heterocycles. The van der Waals surface area contributed by atoms with Crippen LogP contribution in [0.5, 0.6) is 0 Å². The number of ether oxygens (including phenoxy) is 1. The van der Waals surface area contributed by atoms with Crippen molar-refractivity contribution < 1.29 is 9.53 Å². The maximum absolute atomic E-state index is 11.6. The maximum atomic E-state index is 11.6. The Balaban J connectivity index is 2.18. The lowest BCUT2D eigenvalue weighted by atomic mass is 9.93. The highest BCUT2D eigenvalue weighted by Crippen LogP contribution is 2.21. The van der Waals surface area contributed by atoms with Crippen molar-refractivity contribution in [3.63, 3.8) is 0 Å². The molecule has 0 bridgehead atoms. The van der Waals surface area contributed by atoms with Crippen LogP contribution in [0.4, 0.5) is 4.79 Å². The molecule has 0 aromatic rings. The Hall–Kier alpha value is -0.730. The fourth-order valence-electron chi connectivity index (χ4n) is 1.85. The number of carbonyl (C=O) groups is 1. The van der Waals surface area contributed by atoms with Crippen LogP contribution in [-0.4, -0.2) is 17.7 Å². The molecule has 0 heterocycles. The minimum absolute atomic E-state index is 0.244. The Bertz CT molecular complexity index is 222. The highest BCUT2D eigenvalue weighted by atomic mass is 16.6. The zero-order valence-corrected chi connectivity index (χ0v) is 10.8. The summed E-state index contributed by atoms with van der Waals surface area (Å²) in [7, 11) is 0. The quantitative estimate of drug-likeness (QED) is 0.704. The summed E-state index contributed by atoms with van der Waals surface area (Å²) < 4.78 is 5.44. The lowest BCUT2D eigenvalue weighted by Crippen LogP contribution is -2.43. The van der Waals surface area contributed by atoms with Crippen molar-refractivity contribution in [1.82, 2.24) is 5.32 Å². The number of amides is 1. The second-order valence-corrected chi connectivity index (χ2v) is 5.38. The molecule has 1 aliphatic carbocycles. The summed E-state index contributed by atoms with van der Waals surface area (Å²) in [5, 5.41) is 2.90. The predicted octanol–water partition coefficient (Wildman–Crippen LogP) is 3.62. The highest BCUT2D eigenvalue weighted by Gasteiger charge is 2.25. The molecule has 0 unspecified atom stereocenters. The van der Waals surface area contributed by atoms with E-state index in [-0.39, 0.29) is 11.7 Å². The summed E-state index contributed by atoms with van der Waals surface area (Å²) in [4.78, 5) is 11.6. The number of hydrogen-bond donors (Lipinski definition) is 1. The minimum Gasteiger partial charge on any atom is -0.444 e. The van der Waals surface area contributed by atoms with Gasteiger partial charge >= 0.3 is 6.09 Å². The van der Waals surface area contributed by atoms with Gasteiger partial charge in [-0.1, -0.05) is 19.8 Å². The van der Waals surface area contributed by atoms with E-state index in [1.807, 2.05) is 13.8 Å². The van der Waals surface area contributed by atoms with Crippen LogP contribution in [0.2, 0.25) is 0 Å². The Kier molecular flexibility index (Phi) is 5.10. The van der Waals surface area contributed by atoms with Crippen molar-refractivity contribution in [2.24, 2.45) is 0 Å². The lowest BCUT2D eigenvalue weighted by Gasteiger charge is -2.30. The number of nitrogens with one attached hydrogen (secondary N) is 1. The normalized spacial score (nSPS) is 16.7. The lowest BCUT2D eigenvalue weighted by molar-refractivity contribution is 0.0271. The Morgan fingerprint density at radius 2 is 2.06 bits per heavy atom. The first-order chi connectivity index (χ1) is 7.53. The average Bonchev–Trinajstić information content (AvgIpc) is 2.11. The third-order valence-electron chi connectivity index (χ3n) is 3.18.